The van der Waals surface area contributed by atoms with Crippen molar-refractivity contribution in [2.24, 2.45) is 5.92 Å². The summed E-state index contributed by atoms with van der Waals surface area (Å²) >= 11 is 0. The van der Waals surface area contributed by atoms with Crippen molar-refractivity contribution in [2.75, 3.05) is 24.3 Å². The second-order valence-corrected chi connectivity index (χ2v) is 4.25. The summed E-state index contributed by atoms with van der Waals surface area (Å²) in [6.45, 7) is 3.35. The molecule has 2 rings (SSSR count). The zero-order chi connectivity index (χ0) is 11.5. The van der Waals surface area contributed by atoms with Gasteiger partial charge >= 0.3 is 0 Å². The lowest BCUT2D eigenvalue weighted by Crippen LogP contribution is -2.31. The van der Waals surface area contributed by atoms with E-state index in [1.165, 1.54) is 0 Å². The van der Waals surface area contributed by atoms with Gasteiger partial charge in [-0.1, -0.05) is 6.07 Å². The summed E-state index contributed by atoms with van der Waals surface area (Å²) < 4.78 is 5.02. The molecule has 0 bridgehead atoms. The van der Waals surface area contributed by atoms with E-state index in [0.717, 1.165) is 5.56 Å². The van der Waals surface area contributed by atoms with Crippen LogP contribution >= 0.6 is 0 Å². The first kappa shape index (κ1) is 11.0. The van der Waals surface area contributed by atoms with Crippen LogP contribution in [0.5, 0.6) is 0 Å². The number of rotatable bonds is 3. The first-order valence-corrected chi connectivity index (χ1v) is 5.39. The number of nitrogens with one attached hydrogen (secondary N) is 1. The Bertz CT molecular complexity index is 400. The largest absolute Gasteiger partial charge is 0.397 e. The number of carbonyl (C=O) groups is 1. The Hall–Kier alpha value is -1.55. The van der Waals surface area contributed by atoms with E-state index in [9.17, 15) is 4.79 Å². The quantitative estimate of drug-likeness (QED) is 0.760. The SMILES string of the molecule is Cc1ccc(N)c(NC(=O)CC2COC2)c1. The molecule has 4 heteroatoms. The molecule has 1 saturated heterocycles. The van der Waals surface area contributed by atoms with Crippen molar-refractivity contribution in [1.82, 2.24) is 0 Å². The second-order valence-electron chi connectivity index (χ2n) is 4.25. The molecule has 1 fully saturated rings. The summed E-state index contributed by atoms with van der Waals surface area (Å²) in [5.41, 5.74) is 8.16. The molecule has 3 N–H and O–H groups in total. The highest BCUT2D eigenvalue weighted by Gasteiger charge is 2.21. The smallest absolute Gasteiger partial charge is 0.224 e. The number of hydrogen-bond acceptors (Lipinski definition) is 3. The molecule has 4 nitrogen and oxygen atoms in total. The Balaban J connectivity index is 1.96. The van der Waals surface area contributed by atoms with Crippen molar-refractivity contribution in [3.63, 3.8) is 0 Å². The Kier molecular flexibility index (Phi) is 3.10. The van der Waals surface area contributed by atoms with E-state index < -0.39 is 0 Å². The van der Waals surface area contributed by atoms with Gasteiger partial charge in [0.15, 0.2) is 0 Å². The summed E-state index contributed by atoms with van der Waals surface area (Å²) in [5.74, 6) is 0.372. The Labute approximate surface area is 94.8 Å². The van der Waals surface area contributed by atoms with Gasteiger partial charge in [0.1, 0.15) is 0 Å². The number of ether oxygens (including phenoxy) is 1. The lowest BCUT2D eigenvalue weighted by molar-refractivity contribution is -0.121. The monoisotopic (exact) mass is 220 g/mol. The molecule has 0 spiro atoms. The summed E-state index contributed by atoms with van der Waals surface area (Å²) in [5, 5.41) is 2.83. The summed E-state index contributed by atoms with van der Waals surface area (Å²) in [4.78, 5) is 11.7. The first-order valence-electron chi connectivity index (χ1n) is 5.39. The lowest BCUT2D eigenvalue weighted by Gasteiger charge is -2.25. The fraction of sp³-hybridized carbons (Fsp3) is 0.417. The number of aryl methyl sites for hydroxylation is 1. The minimum atomic E-state index is 0.00519. The maximum Gasteiger partial charge on any atom is 0.224 e. The number of nitrogen functional groups attached to an aromatic ring is 1. The third-order valence-corrected chi connectivity index (χ3v) is 2.66. The average molecular weight is 220 g/mol. The van der Waals surface area contributed by atoms with Gasteiger partial charge in [0.2, 0.25) is 5.91 Å². The van der Waals surface area contributed by atoms with Crippen LogP contribution in [-0.2, 0) is 9.53 Å². The molecule has 1 heterocycles. The fourth-order valence-corrected chi connectivity index (χ4v) is 1.64. The average Bonchev–Trinajstić information content (AvgIpc) is 2.18. The number of benzene rings is 1. The molecule has 0 radical (unpaired) electrons. The van der Waals surface area contributed by atoms with Crippen molar-refractivity contribution < 1.29 is 9.53 Å². The Morgan fingerprint density at radius 1 is 1.56 bits per heavy atom. The van der Waals surface area contributed by atoms with Gasteiger partial charge in [-0.25, -0.2) is 0 Å². The number of carbonyl (C=O) groups excluding carboxylic acids is 1. The van der Waals surface area contributed by atoms with Crippen molar-refractivity contribution in [3.05, 3.63) is 23.8 Å². The van der Waals surface area contributed by atoms with Gasteiger partial charge in [-0.15, -0.1) is 0 Å². The molecule has 0 unspecified atom stereocenters. The molecule has 1 aromatic rings. The van der Waals surface area contributed by atoms with Gasteiger partial charge in [0, 0.05) is 12.3 Å². The zero-order valence-electron chi connectivity index (χ0n) is 9.32. The molecule has 86 valence electrons. The van der Waals surface area contributed by atoms with Crippen LogP contribution in [0.2, 0.25) is 0 Å². The van der Waals surface area contributed by atoms with Crippen LogP contribution < -0.4 is 11.1 Å². The summed E-state index contributed by atoms with van der Waals surface area (Å²) in [6, 6.07) is 5.60. The van der Waals surface area contributed by atoms with Crippen LogP contribution in [0, 0.1) is 12.8 Å². The highest BCUT2D eigenvalue weighted by molar-refractivity contribution is 5.94. The molecule has 16 heavy (non-hydrogen) atoms. The molecule has 1 aromatic carbocycles. The lowest BCUT2D eigenvalue weighted by atomic mass is 10.0. The van der Waals surface area contributed by atoms with Crippen molar-refractivity contribution in [3.8, 4) is 0 Å². The third-order valence-electron chi connectivity index (χ3n) is 2.66. The van der Waals surface area contributed by atoms with E-state index in [0.29, 0.717) is 36.9 Å². The van der Waals surface area contributed by atoms with E-state index in [2.05, 4.69) is 5.32 Å². The standard InChI is InChI=1S/C12H16N2O2/c1-8-2-3-10(13)11(4-8)14-12(15)5-9-6-16-7-9/h2-4,9H,5-7,13H2,1H3,(H,14,15). The van der Waals surface area contributed by atoms with Crippen LogP contribution in [0.25, 0.3) is 0 Å². The van der Waals surface area contributed by atoms with E-state index in [1.54, 1.807) is 6.07 Å². The molecular formula is C12H16N2O2. The predicted molar refractivity (Wildman–Crippen MR) is 63.1 cm³/mol. The van der Waals surface area contributed by atoms with Gasteiger partial charge in [-0.3, -0.25) is 4.79 Å². The molecule has 1 amide bonds. The fourth-order valence-electron chi connectivity index (χ4n) is 1.64. The second kappa shape index (κ2) is 4.53. The third kappa shape index (κ3) is 2.52. The molecule has 0 aromatic heterocycles. The maximum atomic E-state index is 11.7. The van der Waals surface area contributed by atoms with Crippen molar-refractivity contribution in [1.29, 1.82) is 0 Å². The van der Waals surface area contributed by atoms with Crippen LogP contribution in [0.1, 0.15) is 12.0 Å². The van der Waals surface area contributed by atoms with Gasteiger partial charge < -0.3 is 15.8 Å². The van der Waals surface area contributed by atoms with E-state index in [1.807, 2.05) is 19.1 Å². The normalized spacial score (nSPS) is 15.6. The van der Waals surface area contributed by atoms with Crippen LogP contribution in [0.3, 0.4) is 0 Å². The minimum absolute atomic E-state index is 0.00519. The minimum Gasteiger partial charge on any atom is -0.397 e. The molecule has 1 aliphatic rings. The molecule has 0 aliphatic carbocycles. The van der Waals surface area contributed by atoms with Gasteiger partial charge in [-0.05, 0) is 24.6 Å². The van der Waals surface area contributed by atoms with Gasteiger partial charge in [0.05, 0.1) is 24.6 Å². The first-order chi connectivity index (χ1) is 7.65. The Morgan fingerprint density at radius 2 is 2.31 bits per heavy atom. The Morgan fingerprint density at radius 3 is 2.94 bits per heavy atom. The van der Waals surface area contributed by atoms with Gasteiger partial charge in [0.25, 0.3) is 0 Å². The van der Waals surface area contributed by atoms with E-state index in [-0.39, 0.29) is 5.91 Å². The number of anilines is 2. The van der Waals surface area contributed by atoms with Crippen molar-refractivity contribution >= 4 is 17.3 Å². The van der Waals surface area contributed by atoms with Crippen molar-refractivity contribution in [2.45, 2.75) is 13.3 Å². The summed E-state index contributed by atoms with van der Waals surface area (Å²) in [6.07, 6.45) is 0.507. The maximum absolute atomic E-state index is 11.7. The van der Waals surface area contributed by atoms with Crippen LogP contribution in [-0.4, -0.2) is 19.1 Å². The topological polar surface area (TPSA) is 64.3 Å². The van der Waals surface area contributed by atoms with E-state index >= 15 is 0 Å². The number of nitrogens with two attached hydrogens (primary N) is 1. The van der Waals surface area contributed by atoms with E-state index in [4.69, 9.17) is 10.5 Å². The van der Waals surface area contributed by atoms with Crippen LogP contribution in [0.15, 0.2) is 18.2 Å². The highest BCUT2D eigenvalue weighted by atomic mass is 16.5. The molecular weight excluding hydrogens is 204 g/mol. The summed E-state index contributed by atoms with van der Waals surface area (Å²) in [7, 11) is 0. The molecule has 0 atom stereocenters. The highest BCUT2D eigenvalue weighted by Crippen LogP contribution is 2.21. The van der Waals surface area contributed by atoms with Crippen LogP contribution in [0.4, 0.5) is 11.4 Å². The number of amides is 1. The predicted octanol–water partition coefficient (Wildman–Crippen LogP) is 1.55. The molecule has 1 aliphatic heterocycles. The zero-order valence-corrected chi connectivity index (χ0v) is 9.32. The van der Waals surface area contributed by atoms with Gasteiger partial charge in [-0.2, -0.15) is 0 Å². The molecule has 0 saturated carbocycles. The number of hydrogen-bond donors (Lipinski definition) is 2.